The first kappa shape index (κ1) is 9.08. The fraction of sp³-hybridized carbons (Fsp3) is 0.417. The summed E-state index contributed by atoms with van der Waals surface area (Å²) in [6.45, 7) is 3.24. The molecule has 1 atom stereocenters. The summed E-state index contributed by atoms with van der Waals surface area (Å²) >= 11 is 0. The molecular weight excluding hydrogens is 172 g/mol. The third kappa shape index (κ3) is 1.46. The van der Waals surface area contributed by atoms with Gasteiger partial charge in [0.2, 0.25) is 0 Å². The van der Waals surface area contributed by atoms with Gasteiger partial charge in [0.25, 0.3) is 0 Å². The lowest BCUT2D eigenvalue weighted by molar-refractivity contribution is 0.520. The first-order valence-corrected chi connectivity index (χ1v) is 5.11. The number of rotatable bonds is 1. The molecule has 1 aliphatic heterocycles. The molecule has 2 rings (SSSR count). The number of anilines is 1. The van der Waals surface area contributed by atoms with E-state index in [-0.39, 0.29) is 0 Å². The van der Waals surface area contributed by atoms with E-state index < -0.39 is 0 Å². The molecule has 0 aliphatic carbocycles. The zero-order valence-electron chi connectivity index (χ0n) is 8.38. The number of benzene rings is 1. The van der Waals surface area contributed by atoms with Crippen molar-refractivity contribution in [3.05, 3.63) is 29.3 Å². The van der Waals surface area contributed by atoms with Gasteiger partial charge in [-0.25, -0.2) is 0 Å². The Morgan fingerprint density at radius 3 is 3.14 bits per heavy atom. The Kier molecular flexibility index (Phi) is 2.41. The van der Waals surface area contributed by atoms with Crippen LogP contribution in [-0.2, 0) is 6.42 Å². The molecule has 1 N–H and O–H groups in total. The van der Waals surface area contributed by atoms with Crippen molar-refractivity contribution in [3.8, 4) is 6.07 Å². The molecule has 14 heavy (non-hydrogen) atoms. The number of nitrogens with one attached hydrogen (secondary N) is 1. The van der Waals surface area contributed by atoms with Crippen molar-refractivity contribution in [2.24, 2.45) is 5.92 Å². The molecule has 1 aromatic rings. The first-order chi connectivity index (χ1) is 6.85. The van der Waals surface area contributed by atoms with Gasteiger partial charge in [-0.1, -0.05) is 19.4 Å². The Bertz CT molecular complexity index is 376. The minimum atomic E-state index is 0.678. The lowest BCUT2D eigenvalue weighted by atomic mass is 9.89. The molecule has 0 aromatic heterocycles. The quantitative estimate of drug-likeness (QED) is 0.731. The van der Waals surface area contributed by atoms with Crippen LogP contribution in [0, 0.1) is 17.2 Å². The molecule has 0 amide bonds. The van der Waals surface area contributed by atoms with Crippen LogP contribution in [0.2, 0.25) is 0 Å². The van der Waals surface area contributed by atoms with Gasteiger partial charge >= 0.3 is 0 Å². The highest BCUT2D eigenvalue weighted by Gasteiger charge is 2.18. The molecular formula is C12H14N2. The third-order valence-electron chi connectivity index (χ3n) is 2.95. The van der Waals surface area contributed by atoms with E-state index in [4.69, 9.17) is 5.26 Å². The van der Waals surface area contributed by atoms with Crippen LogP contribution in [0.5, 0.6) is 0 Å². The molecule has 0 bridgehead atoms. The molecule has 72 valence electrons. The average Bonchev–Trinajstić information content (AvgIpc) is 2.27. The second kappa shape index (κ2) is 3.71. The summed E-state index contributed by atoms with van der Waals surface area (Å²) in [5, 5.41) is 12.4. The monoisotopic (exact) mass is 186 g/mol. The van der Waals surface area contributed by atoms with Gasteiger partial charge in [-0.2, -0.15) is 5.26 Å². The molecule has 2 nitrogen and oxygen atoms in total. The van der Waals surface area contributed by atoms with Crippen LogP contribution in [-0.4, -0.2) is 6.54 Å². The summed E-state index contributed by atoms with van der Waals surface area (Å²) in [5.41, 5.74) is 3.18. The maximum atomic E-state index is 8.97. The minimum absolute atomic E-state index is 0.678. The smallest absolute Gasteiger partial charge is 0.0995 e. The van der Waals surface area contributed by atoms with E-state index >= 15 is 0 Å². The normalized spacial score (nSPS) is 19.3. The van der Waals surface area contributed by atoms with E-state index in [0.29, 0.717) is 5.92 Å². The van der Waals surface area contributed by atoms with Crippen molar-refractivity contribution in [2.75, 3.05) is 11.9 Å². The van der Waals surface area contributed by atoms with E-state index in [1.807, 2.05) is 12.1 Å². The summed E-state index contributed by atoms with van der Waals surface area (Å²) in [7, 11) is 0. The van der Waals surface area contributed by atoms with Crippen molar-refractivity contribution in [1.82, 2.24) is 0 Å². The SMILES string of the molecule is CCC1CNc2cccc(C#N)c2C1. The lowest BCUT2D eigenvalue weighted by Gasteiger charge is -2.25. The predicted octanol–water partition coefficient (Wildman–Crippen LogP) is 2.55. The van der Waals surface area contributed by atoms with Gasteiger partial charge in [0.1, 0.15) is 0 Å². The van der Waals surface area contributed by atoms with Crippen LogP contribution in [0.1, 0.15) is 24.5 Å². The largest absolute Gasteiger partial charge is 0.384 e. The molecule has 0 fully saturated rings. The third-order valence-corrected chi connectivity index (χ3v) is 2.95. The topological polar surface area (TPSA) is 35.8 Å². The maximum Gasteiger partial charge on any atom is 0.0995 e. The standard InChI is InChI=1S/C12H14N2/c1-2-9-6-11-10(7-13)4-3-5-12(11)14-8-9/h3-5,9,14H,2,6,8H2,1H3. The van der Waals surface area contributed by atoms with Gasteiger partial charge in [-0.3, -0.25) is 0 Å². The zero-order valence-corrected chi connectivity index (χ0v) is 8.38. The van der Waals surface area contributed by atoms with E-state index in [1.54, 1.807) is 0 Å². The van der Waals surface area contributed by atoms with Crippen LogP contribution >= 0.6 is 0 Å². The number of nitriles is 1. The second-order valence-corrected chi connectivity index (χ2v) is 3.80. The van der Waals surface area contributed by atoms with Crippen molar-refractivity contribution >= 4 is 5.69 Å². The Morgan fingerprint density at radius 1 is 1.57 bits per heavy atom. The number of nitrogens with zero attached hydrogens (tertiary/aromatic N) is 1. The highest BCUT2D eigenvalue weighted by Crippen LogP contribution is 2.28. The Labute approximate surface area is 84.6 Å². The Balaban J connectivity index is 2.39. The van der Waals surface area contributed by atoms with Gasteiger partial charge in [0.05, 0.1) is 11.6 Å². The summed E-state index contributed by atoms with van der Waals surface area (Å²) in [5.74, 6) is 0.678. The van der Waals surface area contributed by atoms with Crippen LogP contribution in [0.3, 0.4) is 0 Å². The molecule has 1 unspecified atom stereocenters. The second-order valence-electron chi connectivity index (χ2n) is 3.80. The number of fused-ring (bicyclic) bond motifs is 1. The summed E-state index contributed by atoms with van der Waals surface area (Å²) in [4.78, 5) is 0. The maximum absolute atomic E-state index is 8.97. The van der Waals surface area contributed by atoms with Crippen LogP contribution in [0.4, 0.5) is 5.69 Å². The summed E-state index contributed by atoms with van der Waals surface area (Å²) < 4.78 is 0. The van der Waals surface area contributed by atoms with Gasteiger partial charge < -0.3 is 5.32 Å². The van der Waals surface area contributed by atoms with Crippen LogP contribution in [0.15, 0.2) is 18.2 Å². The van der Waals surface area contributed by atoms with Gasteiger partial charge in [0.15, 0.2) is 0 Å². The highest BCUT2D eigenvalue weighted by atomic mass is 14.9. The zero-order chi connectivity index (χ0) is 9.97. The van der Waals surface area contributed by atoms with Crippen LogP contribution < -0.4 is 5.32 Å². The van der Waals surface area contributed by atoms with Gasteiger partial charge in [-0.15, -0.1) is 0 Å². The fourth-order valence-corrected chi connectivity index (χ4v) is 1.98. The number of hydrogen-bond donors (Lipinski definition) is 1. The van der Waals surface area contributed by atoms with Crippen molar-refractivity contribution in [1.29, 1.82) is 5.26 Å². The molecule has 2 heteroatoms. The molecule has 0 saturated heterocycles. The Hall–Kier alpha value is -1.49. The lowest BCUT2D eigenvalue weighted by Crippen LogP contribution is -2.23. The predicted molar refractivity (Wildman–Crippen MR) is 57.1 cm³/mol. The van der Waals surface area contributed by atoms with Gasteiger partial charge in [0, 0.05) is 12.2 Å². The van der Waals surface area contributed by atoms with Crippen molar-refractivity contribution in [3.63, 3.8) is 0 Å². The number of hydrogen-bond acceptors (Lipinski definition) is 2. The van der Waals surface area contributed by atoms with Crippen LogP contribution in [0.25, 0.3) is 0 Å². The Morgan fingerprint density at radius 2 is 2.43 bits per heavy atom. The summed E-state index contributed by atoms with van der Waals surface area (Å²) in [6.07, 6.45) is 2.22. The average molecular weight is 186 g/mol. The minimum Gasteiger partial charge on any atom is -0.384 e. The molecule has 1 heterocycles. The van der Waals surface area contributed by atoms with E-state index in [9.17, 15) is 0 Å². The molecule has 0 saturated carbocycles. The highest BCUT2D eigenvalue weighted by molar-refractivity contribution is 5.59. The van der Waals surface area contributed by atoms with Crippen molar-refractivity contribution < 1.29 is 0 Å². The molecule has 0 radical (unpaired) electrons. The van der Waals surface area contributed by atoms with Gasteiger partial charge in [-0.05, 0) is 30.0 Å². The first-order valence-electron chi connectivity index (χ1n) is 5.11. The summed E-state index contributed by atoms with van der Waals surface area (Å²) in [6, 6.07) is 8.16. The van der Waals surface area contributed by atoms with E-state index in [2.05, 4.69) is 24.4 Å². The van der Waals surface area contributed by atoms with E-state index in [0.717, 1.165) is 24.2 Å². The molecule has 1 aliphatic rings. The molecule has 0 spiro atoms. The van der Waals surface area contributed by atoms with Crippen molar-refractivity contribution in [2.45, 2.75) is 19.8 Å². The molecule has 1 aromatic carbocycles. The van der Waals surface area contributed by atoms with E-state index in [1.165, 1.54) is 12.0 Å². The fourth-order valence-electron chi connectivity index (χ4n) is 1.98.